The van der Waals surface area contributed by atoms with E-state index in [1.165, 1.54) is 0 Å². The van der Waals surface area contributed by atoms with Crippen molar-refractivity contribution >= 4 is 5.91 Å². The third-order valence-corrected chi connectivity index (χ3v) is 2.81. The summed E-state index contributed by atoms with van der Waals surface area (Å²) in [6.45, 7) is -0.0692. The zero-order valence-electron chi connectivity index (χ0n) is 8.61. The summed E-state index contributed by atoms with van der Waals surface area (Å²) < 4.78 is 14.2. The van der Waals surface area contributed by atoms with Crippen LogP contribution >= 0.6 is 0 Å². The average molecular weight is 218 g/mol. The molecule has 4 heteroatoms. The average Bonchev–Trinajstić information content (AvgIpc) is 3.01. The van der Waals surface area contributed by atoms with Crippen molar-refractivity contribution in [3.8, 4) is 6.07 Å². The molecule has 82 valence electrons. The highest BCUT2D eigenvalue weighted by molar-refractivity contribution is 5.83. The van der Waals surface area contributed by atoms with E-state index in [1.807, 2.05) is 0 Å². The summed E-state index contributed by atoms with van der Waals surface area (Å²) in [5.41, 5.74) is -1.01. The second kappa shape index (κ2) is 3.93. The lowest BCUT2D eigenvalue weighted by Crippen LogP contribution is -2.27. The number of alkyl halides is 1. The smallest absolute Gasteiger partial charge is 0.227 e. The summed E-state index contributed by atoms with van der Waals surface area (Å²) in [5, 5.41) is 10.7. The topological polar surface area (TPSA) is 52.9 Å². The predicted molar refractivity (Wildman–Crippen MR) is 56.0 cm³/mol. The SMILES string of the molecule is N#CCNC(=O)C1CC1(F)c1ccccc1. The van der Waals surface area contributed by atoms with E-state index in [-0.39, 0.29) is 18.9 Å². The maximum atomic E-state index is 14.2. The molecular weight excluding hydrogens is 207 g/mol. The molecule has 0 spiro atoms. The van der Waals surface area contributed by atoms with E-state index in [4.69, 9.17) is 5.26 Å². The van der Waals surface area contributed by atoms with Gasteiger partial charge in [0.15, 0.2) is 0 Å². The van der Waals surface area contributed by atoms with E-state index in [0.29, 0.717) is 5.56 Å². The highest BCUT2D eigenvalue weighted by atomic mass is 19.1. The highest BCUT2D eigenvalue weighted by Gasteiger charge is 2.60. The number of carbonyl (C=O) groups excluding carboxylic acids is 1. The molecule has 16 heavy (non-hydrogen) atoms. The third kappa shape index (κ3) is 1.76. The molecule has 1 amide bonds. The van der Waals surface area contributed by atoms with Crippen LogP contribution in [0.3, 0.4) is 0 Å². The molecule has 3 nitrogen and oxygen atoms in total. The molecule has 2 rings (SSSR count). The fourth-order valence-corrected chi connectivity index (χ4v) is 1.82. The molecule has 1 aromatic carbocycles. The summed E-state index contributed by atoms with van der Waals surface area (Å²) in [4.78, 5) is 11.5. The van der Waals surface area contributed by atoms with Gasteiger partial charge in [-0.25, -0.2) is 4.39 Å². The quantitative estimate of drug-likeness (QED) is 0.782. The molecule has 1 aromatic rings. The number of hydrogen-bond acceptors (Lipinski definition) is 2. The van der Waals surface area contributed by atoms with Crippen LogP contribution in [0.15, 0.2) is 30.3 Å². The molecular formula is C12H11FN2O. The molecule has 0 heterocycles. The first kappa shape index (κ1) is 10.6. The van der Waals surface area contributed by atoms with Gasteiger partial charge in [-0.2, -0.15) is 5.26 Å². The number of rotatable bonds is 3. The largest absolute Gasteiger partial charge is 0.343 e. The van der Waals surface area contributed by atoms with Crippen LogP contribution in [0.4, 0.5) is 4.39 Å². The van der Waals surface area contributed by atoms with Crippen molar-refractivity contribution in [3.63, 3.8) is 0 Å². The van der Waals surface area contributed by atoms with Crippen molar-refractivity contribution in [3.05, 3.63) is 35.9 Å². The van der Waals surface area contributed by atoms with Crippen molar-refractivity contribution in [2.24, 2.45) is 5.92 Å². The summed E-state index contributed by atoms with van der Waals surface area (Å²) in [6, 6.07) is 10.5. The number of benzene rings is 1. The van der Waals surface area contributed by atoms with E-state index >= 15 is 0 Å². The number of nitrogens with one attached hydrogen (secondary N) is 1. The van der Waals surface area contributed by atoms with Crippen LogP contribution in [0.25, 0.3) is 0 Å². The summed E-state index contributed by atoms with van der Waals surface area (Å²) in [6.07, 6.45) is 0.203. The minimum atomic E-state index is -1.54. The maximum absolute atomic E-state index is 14.2. The Kier molecular flexibility index (Phi) is 2.61. The molecule has 1 aliphatic carbocycles. The monoisotopic (exact) mass is 218 g/mol. The van der Waals surface area contributed by atoms with Crippen molar-refractivity contribution in [2.45, 2.75) is 12.1 Å². The van der Waals surface area contributed by atoms with Gasteiger partial charge >= 0.3 is 0 Å². The first-order valence-corrected chi connectivity index (χ1v) is 5.07. The zero-order valence-corrected chi connectivity index (χ0v) is 8.61. The molecule has 1 N–H and O–H groups in total. The Labute approximate surface area is 92.9 Å². The number of carbonyl (C=O) groups is 1. The molecule has 0 radical (unpaired) electrons. The van der Waals surface area contributed by atoms with Crippen molar-refractivity contribution < 1.29 is 9.18 Å². The molecule has 0 aromatic heterocycles. The fraction of sp³-hybridized carbons (Fsp3) is 0.333. The number of nitrogens with zero attached hydrogens (tertiary/aromatic N) is 1. The Morgan fingerprint density at radius 2 is 2.25 bits per heavy atom. The molecule has 0 aliphatic heterocycles. The predicted octanol–water partition coefficient (Wildman–Crippen LogP) is 1.51. The molecule has 1 saturated carbocycles. The second-order valence-electron chi connectivity index (χ2n) is 3.86. The Balaban J connectivity index is 2.05. The number of amides is 1. The lowest BCUT2D eigenvalue weighted by molar-refractivity contribution is -0.123. The van der Waals surface area contributed by atoms with Crippen LogP contribution in [0.1, 0.15) is 12.0 Å². The van der Waals surface area contributed by atoms with Crippen LogP contribution < -0.4 is 5.32 Å². The molecule has 0 saturated heterocycles. The van der Waals surface area contributed by atoms with Crippen LogP contribution in [-0.4, -0.2) is 12.5 Å². The van der Waals surface area contributed by atoms with Crippen molar-refractivity contribution in [2.75, 3.05) is 6.54 Å². The standard InChI is InChI=1S/C12H11FN2O/c13-12(9-4-2-1-3-5-9)8-10(12)11(16)15-7-6-14/h1-5,10H,7-8H2,(H,15,16). The Morgan fingerprint density at radius 1 is 1.56 bits per heavy atom. The van der Waals surface area contributed by atoms with E-state index in [9.17, 15) is 9.18 Å². The van der Waals surface area contributed by atoms with E-state index in [1.54, 1.807) is 36.4 Å². The first-order valence-electron chi connectivity index (χ1n) is 5.07. The fourth-order valence-electron chi connectivity index (χ4n) is 1.82. The lowest BCUT2D eigenvalue weighted by Gasteiger charge is -2.07. The molecule has 0 bridgehead atoms. The van der Waals surface area contributed by atoms with Gasteiger partial charge in [0.25, 0.3) is 0 Å². The lowest BCUT2D eigenvalue weighted by atomic mass is 10.1. The van der Waals surface area contributed by atoms with Gasteiger partial charge in [-0.3, -0.25) is 4.79 Å². The van der Waals surface area contributed by atoms with Gasteiger partial charge < -0.3 is 5.32 Å². The summed E-state index contributed by atoms with van der Waals surface area (Å²) >= 11 is 0. The Morgan fingerprint density at radius 3 is 2.88 bits per heavy atom. The van der Waals surface area contributed by atoms with Crippen LogP contribution in [-0.2, 0) is 10.5 Å². The van der Waals surface area contributed by atoms with Crippen molar-refractivity contribution in [1.82, 2.24) is 5.32 Å². The molecule has 2 unspecified atom stereocenters. The van der Waals surface area contributed by atoms with Gasteiger partial charge in [0.2, 0.25) is 5.91 Å². The van der Waals surface area contributed by atoms with Crippen LogP contribution in [0.5, 0.6) is 0 Å². The normalized spacial score (nSPS) is 26.9. The van der Waals surface area contributed by atoms with E-state index in [0.717, 1.165) is 0 Å². The van der Waals surface area contributed by atoms with Crippen molar-refractivity contribution in [1.29, 1.82) is 5.26 Å². The van der Waals surface area contributed by atoms with Gasteiger partial charge in [-0.1, -0.05) is 30.3 Å². The number of hydrogen-bond donors (Lipinski definition) is 1. The van der Waals surface area contributed by atoms with Gasteiger partial charge in [-0.05, 0) is 5.56 Å². The highest BCUT2D eigenvalue weighted by Crippen LogP contribution is 2.55. The minimum absolute atomic E-state index is 0.0692. The van der Waals surface area contributed by atoms with Gasteiger partial charge in [0, 0.05) is 6.42 Å². The van der Waals surface area contributed by atoms with E-state index in [2.05, 4.69) is 5.32 Å². The first-order chi connectivity index (χ1) is 7.68. The number of nitriles is 1. The van der Waals surface area contributed by atoms with E-state index < -0.39 is 11.6 Å². The maximum Gasteiger partial charge on any atom is 0.227 e. The number of halogens is 1. The molecule has 2 atom stereocenters. The third-order valence-electron chi connectivity index (χ3n) is 2.81. The molecule has 1 aliphatic rings. The Hall–Kier alpha value is -1.89. The summed E-state index contributed by atoms with van der Waals surface area (Å²) in [5.74, 6) is -1.03. The minimum Gasteiger partial charge on any atom is -0.343 e. The summed E-state index contributed by atoms with van der Waals surface area (Å²) in [7, 11) is 0. The van der Waals surface area contributed by atoms with Gasteiger partial charge in [0.1, 0.15) is 12.2 Å². The van der Waals surface area contributed by atoms with Crippen LogP contribution in [0.2, 0.25) is 0 Å². The molecule has 1 fully saturated rings. The van der Waals surface area contributed by atoms with Crippen LogP contribution in [0, 0.1) is 17.2 Å². The van der Waals surface area contributed by atoms with Gasteiger partial charge in [0.05, 0.1) is 12.0 Å². The zero-order chi connectivity index (χ0) is 11.6. The van der Waals surface area contributed by atoms with Gasteiger partial charge in [-0.15, -0.1) is 0 Å². The second-order valence-corrected chi connectivity index (χ2v) is 3.86. The Bertz CT molecular complexity index is 440.